The second-order valence-electron chi connectivity index (χ2n) is 2.73. The number of nitrogen functional groups attached to an aromatic ring is 1. The molecule has 4 nitrogen and oxygen atoms in total. The minimum absolute atomic E-state index is 0.0590. The lowest BCUT2D eigenvalue weighted by Crippen LogP contribution is -2.19. The Morgan fingerprint density at radius 1 is 1.46 bits per heavy atom. The van der Waals surface area contributed by atoms with Gasteiger partial charge in [-0.2, -0.15) is 0 Å². The van der Waals surface area contributed by atoms with Gasteiger partial charge in [0.25, 0.3) is 0 Å². The van der Waals surface area contributed by atoms with Crippen molar-refractivity contribution in [2.24, 2.45) is 0 Å². The van der Waals surface area contributed by atoms with E-state index in [0.717, 1.165) is 4.90 Å². The lowest BCUT2D eigenvalue weighted by atomic mass is 10.3. The van der Waals surface area contributed by atoms with Crippen molar-refractivity contribution in [1.82, 2.24) is 0 Å². The third kappa shape index (κ3) is 1.73. The quantitative estimate of drug-likeness (QED) is 0.636. The summed E-state index contributed by atoms with van der Waals surface area (Å²) in [5.74, 6) is 0. The highest BCUT2D eigenvalue weighted by atomic mass is 32.3. The fraction of sp³-hybridized carbons (Fsp3) is 0.143. The predicted molar refractivity (Wildman–Crippen MR) is 54.1 cm³/mol. The number of hydrogen-bond acceptors (Lipinski definition) is 4. The van der Waals surface area contributed by atoms with Crippen molar-refractivity contribution in [2.45, 2.75) is 4.90 Å². The molecule has 0 amide bonds. The third-order valence-electron chi connectivity index (χ3n) is 1.64. The second kappa shape index (κ2) is 2.81. The minimum atomic E-state index is -3.14. The van der Waals surface area contributed by atoms with E-state index in [1.165, 1.54) is 11.8 Å². The fourth-order valence-corrected chi connectivity index (χ4v) is 3.52. The lowest BCUT2D eigenvalue weighted by Gasteiger charge is -2.17. The van der Waals surface area contributed by atoms with Gasteiger partial charge in [0, 0.05) is 10.6 Å². The summed E-state index contributed by atoms with van der Waals surface area (Å²) >= 11 is 1.28. The van der Waals surface area contributed by atoms with E-state index in [9.17, 15) is 8.42 Å². The monoisotopic (exact) mass is 216 g/mol. The van der Waals surface area contributed by atoms with Crippen LogP contribution < -0.4 is 10.5 Å². The molecule has 0 aromatic heterocycles. The summed E-state index contributed by atoms with van der Waals surface area (Å²) in [5.41, 5.74) is 6.82. The first kappa shape index (κ1) is 8.71. The molecule has 1 aliphatic rings. The Balaban J connectivity index is 2.48. The van der Waals surface area contributed by atoms with E-state index in [0.29, 0.717) is 11.4 Å². The van der Waals surface area contributed by atoms with Gasteiger partial charge in [-0.15, -0.1) is 11.8 Å². The first-order valence-electron chi connectivity index (χ1n) is 3.60. The maximum atomic E-state index is 11.1. The Labute approximate surface area is 80.6 Å². The van der Waals surface area contributed by atoms with Crippen molar-refractivity contribution in [3.63, 3.8) is 0 Å². The largest absolute Gasteiger partial charge is 0.399 e. The summed E-state index contributed by atoms with van der Waals surface area (Å²) < 4.78 is 24.7. The van der Waals surface area contributed by atoms with Crippen molar-refractivity contribution < 1.29 is 8.42 Å². The Morgan fingerprint density at radius 2 is 2.23 bits per heavy atom. The van der Waals surface area contributed by atoms with E-state index in [4.69, 9.17) is 5.73 Å². The van der Waals surface area contributed by atoms with Crippen LogP contribution in [0.4, 0.5) is 11.4 Å². The van der Waals surface area contributed by atoms with Crippen LogP contribution in [0.25, 0.3) is 0 Å². The molecule has 0 saturated carbocycles. The molecule has 0 bridgehead atoms. The van der Waals surface area contributed by atoms with E-state index in [1.807, 2.05) is 0 Å². The van der Waals surface area contributed by atoms with Gasteiger partial charge in [-0.25, -0.2) is 8.42 Å². The van der Waals surface area contributed by atoms with Crippen LogP contribution in [0.1, 0.15) is 0 Å². The molecule has 1 aliphatic heterocycles. The topological polar surface area (TPSA) is 72.2 Å². The molecule has 0 fully saturated rings. The zero-order valence-corrected chi connectivity index (χ0v) is 8.28. The summed E-state index contributed by atoms with van der Waals surface area (Å²) in [5, 5.41) is 0.0590. The zero-order valence-electron chi connectivity index (χ0n) is 6.65. The van der Waals surface area contributed by atoms with E-state index < -0.39 is 10.0 Å². The number of nitrogens with one attached hydrogen (secondary N) is 1. The number of rotatable bonds is 0. The Bertz CT molecular complexity index is 442. The molecular weight excluding hydrogens is 208 g/mol. The number of hydrogen-bond donors (Lipinski definition) is 2. The summed E-state index contributed by atoms with van der Waals surface area (Å²) in [6, 6.07) is 5.11. The maximum absolute atomic E-state index is 11.1. The van der Waals surface area contributed by atoms with E-state index in [-0.39, 0.29) is 5.08 Å². The number of thioether (sulfide) groups is 1. The van der Waals surface area contributed by atoms with Gasteiger partial charge in [0.2, 0.25) is 10.0 Å². The van der Waals surface area contributed by atoms with Gasteiger partial charge in [-0.1, -0.05) is 0 Å². The standard InChI is InChI=1S/C7H8N2O2S2/c8-5-1-2-6-7(3-5)12-4-13(10,11)9-6/h1-3,9H,4,8H2. The number of fused-ring (bicyclic) bond motifs is 1. The van der Waals surface area contributed by atoms with E-state index >= 15 is 0 Å². The van der Waals surface area contributed by atoms with Crippen LogP contribution in [0.2, 0.25) is 0 Å². The van der Waals surface area contributed by atoms with Gasteiger partial charge in [0.05, 0.1) is 5.69 Å². The molecule has 0 atom stereocenters. The van der Waals surface area contributed by atoms with Crippen molar-refractivity contribution in [2.75, 3.05) is 15.5 Å². The molecule has 0 aliphatic carbocycles. The average molecular weight is 216 g/mol. The molecule has 1 aromatic rings. The Kier molecular flexibility index (Phi) is 1.88. The minimum Gasteiger partial charge on any atom is -0.399 e. The summed E-state index contributed by atoms with van der Waals surface area (Å²) in [6.45, 7) is 0. The Hall–Kier alpha value is -0.880. The molecule has 0 spiro atoms. The van der Waals surface area contributed by atoms with Crippen molar-refractivity contribution in [3.8, 4) is 0 Å². The van der Waals surface area contributed by atoms with Crippen LogP contribution in [0.5, 0.6) is 0 Å². The van der Waals surface area contributed by atoms with Crippen LogP contribution in [0.3, 0.4) is 0 Å². The summed E-state index contributed by atoms with van der Waals surface area (Å²) in [6.07, 6.45) is 0. The summed E-state index contributed by atoms with van der Waals surface area (Å²) in [7, 11) is -3.14. The first-order chi connectivity index (χ1) is 6.07. The zero-order chi connectivity index (χ0) is 9.47. The highest BCUT2D eigenvalue weighted by Gasteiger charge is 2.20. The van der Waals surface area contributed by atoms with Crippen molar-refractivity contribution in [1.29, 1.82) is 0 Å². The number of nitrogens with two attached hydrogens (primary N) is 1. The SMILES string of the molecule is Nc1ccc2c(c1)SCS(=O)(=O)N2. The number of sulfonamides is 1. The molecule has 1 heterocycles. The maximum Gasteiger partial charge on any atom is 0.242 e. The van der Waals surface area contributed by atoms with Gasteiger partial charge in [-0.3, -0.25) is 4.72 Å². The molecule has 0 saturated heterocycles. The van der Waals surface area contributed by atoms with Crippen LogP contribution in [-0.4, -0.2) is 13.5 Å². The van der Waals surface area contributed by atoms with Gasteiger partial charge >= 0.3 is 0 Å². The highest BCUT2D eigenvalue weighted by Crippen LogP contribution is 2.34. The molecule has 1 aromatic carbocycles. The Morgan fingerprint density at radius 3 is 3.00 bits per heavy atom. The number of anilines is 2. The number of benzene rings is 1. The second-order valence-corrected chi connectivity index (χ2v) is 5.84. The van der Waals surface area contributed by atoms with E-state index in [2.05, 4.69) is 4.72 Å². The predicted octanol–water partition coefficient (Wildman–Crippen LogP) is 1.07. The first-order valence-corrected chi connectivity index (χ1v) is 6.23. The third-order valence-corrected chi connectivity index (χ3v) is 4.53. The highest BCUT2D eigenvalue weighted by molar-refractivity contribution is 8.13. The van der Waals surface area contributed by atoms with Gasteiger partial charge < -0.3 is 5.73 Å². The molecule has 0 unspecified atom stereocenters. The summed E-state index contributed by atoms with van der Waals surface area (Å²) in [4.78, 5) is 0.884. The molecule has 2 rings (SSSR count). The van der Waals surface area contributed by atoms with Gasteiger partial charge in [0.1, 0.15) is 5.08 Å². The smallest absolute Gasteiger partial charge is 0.242 e. The normalized spacial score (nSPS) is 18.8. The molecule has 70 valence electrons. The molecule has 3 N–H and O–H groups in total. The van der Waals surface area contributed by atoms with Crippen molar-refractivity contribution >= 4 is 33.2 Å². The van der Waals surface area contributed by atoms with E-state index in [1.54, 1.807) is 18.2 Å². The van der Waals surface area contributed by atoms with Gasteiger partial charge in [0.15, 0.2) is 0 Å². The van der Waals surface area contributed by atoms with Crippen molar-refractivity contribution in [3.05, 3.63) is 18.2 Å². The van der Waals surface area contributed by atoms with Crippen LogP contribution in [0.15, 0.2) is 23.1 Å². The van der Waals surface area contributed by atoms with Gasteiger partial charge in [-0.05, 0) is 18.2 Å². The molecular formula is C7H8N2O2S2. The molecule has 13 heavy (non-hydrogen) atoms. The lowest BCUT2D eigenvalue weighted by molar-refractivity contribution is 0.605. The van der Waals surface area contributed by atoms with Crippen LogP contribution in [-0.2, 0) is 10.0 Å². The van der Waals surface area contributed by atoms with Crippen LogP contribution in [0, 0.1) is 0 Å². The average Bonchev–Trinajstić information content (AvgIpc) is 2.05. The molecule has 6 heteroatoms. The fourth-order valence-electron chi connectivity index (χ4n) is 1.08. The molecule has 0 radical (unpaired) electrons. The van der Waals surface area contributed by atoms with Crippen LogP contribution >= 0.6 is 11.8 Å².